The lowest BCUT2D eigenvalue weighted by Crippen LogP contribution is -2.40. The topological polar surface area (TPSA) is 69.6 Å². The van der Waals surface area contributed by atoms with Crippen molar-refractivity contribution in [2.24, 2.45) is 5.92 Å². The molecule has 1 atom stereocenters. The minimum atomic E-state index is -0.304. The molecule has 120 valence electrons. The van der Waals surface area contributed by atoms with Gasteiger partial charge in [-0.05, 0) is 37.0 Å². The molecule has 0 spiro atoms. The maximum atomic E-state index is 12.1. The minimum Gasteiger partial charge on any atom is -0.506 e. The fraction of sp³-hybridized carbons (Fsp3) is 0.500. The summed E-state index contributed by atoms with van der Waals surface area (Å²) in [5, 5.41) is 12.2. The van der Waals surface area contributed by atoms with Crippen molar-refractivity contribution in [2.75, 3.05) is 19.6 Å². The van der Waals surface area contributed by atoms with E-state index in [9.17, 15) is 14.7 Å². The largest absolute Gasteiger partial charge is 0.506 e. The van der Waals surface area contributed by atoms with Crippen LogP contribution in [0.3, 0.4) is 0 Å². The highest BCUT2D eigenvalue weighted by Gasteiger charge is 2.20. The summed E-state index contributed by atoms with van der Waals surface area (Å²) >= 11 is 5.77. The molecular formula is C16H21ClN2O3. The molecule has 1 unspecified atom stereocenters. The van der Waals surface area contributed by atoms with Crippen LogP contribution in [0.15, 0.2) is 18.2 Å². The Kier molecular flexibility index (Phi) is 5.66. The van der Waals surface area contributed by atoms with Crippen molar-refractivity contribution < 1.29 is 14.7 Å². The Morgan fingerprint density at radius 1 is 1.45 bits per heavy atom. The van der Waals surface area contributed by atoms with Gasteiger partial charge < -0.3 is 15.3 Å². The SMILES string of the molecule is CC1CCCN(C(=O)CCNC(=O)c2ccc(O)c(Cl)c2)C1. The molecule has 1 aliphatic heterocycles. The van der Waals surface area contributed by atoms with Gasteiger partial charge in [0.2, 0.25) is 5.91 Å². The first-order valence-corrected chi connectivity index (χ1v) is 7.89. The number of likely N-dealkylation sites (tertiary alicyclic amines) is 1. The lowest BCUT2D eigenvalue weighted by atomic mass is 10.00. The number of phenols is 1. The summed E-state index contributed by atoms with van der Waals surface area (Å²) in [4.78, 5) is 25.9. The zero-order valence-electron chi connectivity index (χ0n) is 12.6. The highest BCUT2D eigenvalue weighted by Crippen LogP contribution is 2.23. The van der Waals surface area contributed by atoms with E-state index in [1.807, 2.05) is 4.90 Å². The standard InChI is InChI=1S/C16H21ClN2O3/c1-11-3-2-8-19(10-11)15(21)6-7-18-16(22)12-4-5-14(20)13(17)9-12/h4-5,9,11,20H,2-3,6-8,10H2,1H3,(H,18,22). The van der Waals surface area contributed by atoms with Gasteiger partial charge in [0, 0.05) is 31.6 Å². The summed E-state index contributed by atoms with van der Waals surface area (Å²) in [6.07, 6.45) is 2.51. The molecule has 2 rings (SSSR count). The predicted molar refractivity (Wildman–Crippen MR) is 85.0 cm³/mol. The van der Waals surface area contributed by atoms with Gasteiger partial charge in [-0.1, -0.05) is 18.5 Å². The number of hydrogen-bond donors (Lipinski definition) is 2. The first-order chi connectivity index (χ1) is 10.5. The number of rotatable bonds is 4. The average molecular weight is 325 g/mol. The van der Waals surface area contributed by atoms with Crippen LogP contribution in [0.5, 0.6) is 5.75 Å². The van der Waals surface area contributed by atoms with Gasteiger partial charge >= 0.3 is 0 Å². The zero-order chi connectivity index (χ0) is 16.1. The maximum absolute atomic E-state index is 12.1. The number of nitrogens with one attached hydrogen (secondary N) is 1. The molecule has 2 N–H and O–H groups in total. The maximum Gasteiger partial charge on any atom is 0.251 e. The van der Waals surface area contributed by atoms with Crippen LogP contribution >= 0.6 is 11.6 Å². The lowest BCUT2D eigenvalue weighted by Gasteiger charge is -2.31. The quantitative estimate of drug-likeness (QED) is 0.893. The van der Waals surface area contributed by atoms with E-state index in [2.05, 4.69) is 12.2 Å². The highest BCUT2D eigenvalue weighted by molar-refractivity contribution is 6.32. The van der Waals surface area contributed by atoms with Crippen LogP contribution in [0.1, 0.15) is 36.5 Å². The van der Waals surface area contributed by atoms with Gasteiger partial charge in [-0.2, -0.15) is 0 Å². The monoisotopic (exact) mass is 324 g/mol. The number of phenolic OH excluding ortho intramolecular Hbond substituents is 1. The van der Waals surface area contributed by atoms with Gasteiger partial charge in [0.05, 0.1) is 5.02 Å². The van der Waals surface area contributed by atoms with E-state index >= 15 is 0 Å². The van der Waals surface area contributed by atoms with Crippen molar-refractivity contribution in [1.29, 1.82) is 0 Å². The second-order valence-electron chi connectivity index (χ2n) is 5.76. The molecule has 1 heterocycles. The predicted octanol–water partition coefficient (Wildman–Crippen LogP) is 2.42. The van der Waals surface area contributed by atoms with Crippen LogP contribution in [0, 0.1) is 5.92 Å². The van der Waals surface area contributed by atoms with E-state index in [-0.39, 0.29) is 22.6 Å². The van der Waals surface area contributed by atoms with Gasteiger partial charge in [0.25, 0.3) is 5.91 Å². The fourth-order valence-electron chi connectivity index (χ4n) is 2.61. The van der Waals surface area contributed by atoms with Crippen LogP contribution in [-0.4, -0.2) is 41.5 Å². The molecule has 22 heavy (non-hydrogen) atoms. The van der Waals surface area contributed by atoms with Gasteiger partial charge in [-0.3, -0.25) is 9.59 Å². The minimum absolute atomic E-state index is 0.0624. The molecule has 1 aliphatic rings. The fourth-order valence-corrected chi connectivity index (χ4v) is 2.79. The summed E-state index contributed by atoms with van der Waals surface area (Å²) in [5.41, 5.74) is 0.363. The lowest BCUT2D eigenvalue weighted by molar-refractivity contribution is -0.132. The third kappa shape index (κ3) is 4.37. The van der Waals surface area contributed by atoms with Crippen LogP contribution in [0.4, 0.5) is 0 Å². The number of nitrogens with zero attached hydrogens (tertiary/aromatic N) is 1. The molecule has 6 heteroatoms. The summed E-state index contributed by atoms with van der Waals surface area (Å²) in [7, 11) is 0. The molecule has 2 amide bonds. The number of aromatic hydroxyl groups is 1. The Balaban J connectivity index is 1.79. The Morgan fingerprint density at radius 2 is 2.23 bits per heavy atom. The van der Waals surface area contributed by atoms with Gasteiger partial charge in [0.1, 0.15) is 5.75 Å². The van der Waals surface area contributed by atoms with Crippen LogP contribution in [0.2, 0.25) is 5.02 Å². The number of hydrogen-bond acceptors (Lipinski definition) is 3. The normalized spacial score (nSPS) is 18.1. The summed E-state index contributed by atoms with van der Waals surface area (Å²) in [6, 6.07) is 4.27. The second-order valence-corrected chi connectivity index (χ2v) is 6.17. The van der Waals surface area contributed by atoms with Crippen LogP contribution in [-0.2, 0) is 4.79 Å². The molecule has 0 bridgehead atoms. The highest BCUT2D eigenvalue weighted by atomic mass is 35.5. The third-order valence-electron chi connectivity index (χ3n) is 3.84. The Hall–Kier alpha value is -1.75. The van der Waals surface area contributed by atoms with Crippen LogP contribution in [0.25, 0.3) is 0 Å². The van der Waals surface area contributed by atoms with Crippen molar-refractivity contribution in [3.63, 3.8) is 0 Å². The van der Waals surface area contributed by atoms with E-state index in [4.69, 9.17) is 11.6 Å². The molecule has 0 saturated carbocycles. The molecule has 0 aromatic heterocycles. The summed E-state index contributed by atoms with van der Waals surface area (Å²) in [6.45, 7) is 4.06. The average Bonchev–Trinajstić information content (AvgIpc) is 2.49. The number of halogens is 1. The second kappa shape index (κ2) is 7.49. The molecule has 1 aromatic rings. The van der Waals surface area contributed by atoms with Crippen molar-refractivity contribution in [3.8, 4) is 5.75 Å². The molecule has 1 fully saturated rings. The van der Waals surface area contributed by atoms with Gasteiger partial charge in [-0.25, -0.2) is 0 Å². The van der Waals surface area contributed by atoms with Crippen molar-refractivity contribution in [3.05, 3.63) is 28.8 Å². The molecule has 0 radical (unpaired) electrons. The van der Waals surface area contributed by atoms with E-state index in [1.54, 1.807) is 0 Å². The van der Waals surface area contributed by atoms with E-state index in [1.165, 1.54) is 24.6 Å². The number of benzene rings is 1. The molecule has 0 aliphatic carbocycles. The van der Waals surface area contributed by atoms with E-state index in [0.717, 1.165) is 19.5 Å². The Labute approximate surface area is 135 Å². The molecule has 5 nitrogen and oxygen atoms in total. The molecule has 1 saturated heterocycles. The Bertz CT molecular complexity index is 562. The number of carbonyl (C=O) groups excluding carboxylic acids is 2. The number of carbonyl (C=O) groups is 2. The summed E-state index contributed by atoms with van der Waals surface area (Å²) < 4.78 is 0. The third-order valence-corrected chi connectivity index (χ3v) is 4.15. The van der Waals surface area contributed by atoms with Crippen molar-refractivity contribution in [1.82, 2.24) is 10.2 Å². The van der Waals surface area contributed by atoms with Crippen molar-refractivity contribution >= 4 is 23.4 Å². The van der Waals surface area contributed by atoms with E-state index < -0.39 is 0 Å². The first kappa shape index (κ1) is 16.6. The zero-order valence-corrected chi connectivity index (χ0v) is 13.4. The number of amides is 2. The van der Waals surface area contributed by atoms with Crippen LogP contribution < -0.4 is 5.32 Å². The molecule has 1 aromatic carbocycles. The van der Waals surface area contributed by atoms with Gasteiger partial charge in [0.15, 0.2) is 0 Å². The summed E-state index contributed by atoms with van der Waals surface area (Å²) in [5.74, 6) is 0.261. The Morgan fingerprint density at radius 3 is 2.91 bits per heavy atom. The van der Waals surface area contributed by atoms with Gasteiger partial charge in [-0.15, -0.1) is 0 Å². The molecular weight excluding hydrogens is 304 g/mol. The smallest absolute Gasteiger partial charge is 0.251 e. The first-order valence-electron chi connectivity index (χ1n) is 7.52. The number of piperidine rings is 1. The van der Waals surface area contributed by atoms with Crippen molar-refractivity contribution in [2.45, 2.75) is 26.2 Å². The van der Waals surface area contributed by atoms with E-state index in [0.29, 0.717) is 24.4 Å².